The first kappa shape index (κ1) is 24.6. The van der Waals surface area contributed by atoms with E-state index >= 15 is 0 Å². The van der Waals surface area contributed by atoms with Crippen molar-refractivity contribution >= 4 is 69.0 Å². The fourth-order valence-corrected chi connectivity index (χ4v) is 3.93. The van der Waals surface area contributed by atoms with E-state index in [-0.39, 0.29) is 26.1 Å². The molecular weight excluding hydrogens is 517 g/mol. The van der Waals surface area contributed by atoms with Crippen molar-refractivity contribution in [3.05, 3.63) is 69.7 Å². The highest BCUT2D eigenvalue weighted by Gasteiger charge is 2.32. The van der Waals surface area contributed by atoms with Crippen LogP contribution in [0.15, 0.2) is 54.6 Å². The molecule has 0 saturated carbocycles. The second kappa shape index (κ2) is 10.4. The minimum Gasteiger partial charge on any atom is -0.497 e. The number of amides is 2. The van der Waals surface area contributed by atoms with Crippen LogP contribution in [-0.4, -0.2) is 41.0 Å². The fraction of sp³-hybridized carbons (Fsp3) is 0.130. The summed E-state index contributed by atoms with van der Waals surface area (Å²) in [6.07, 6.45) is 0. The number of fused-ring (bicyclic) bond motifs is 1. The monoisotopic (exact) mass is 533 g/mol. The molecule has 0 atom stereocenters. The van der Waals surface area contributed by atoms with Gasteiger partial charge in [-0.15, -0.1) is 0 Å². The molecule has 0 unspecified atom stereocenters. The summed E-state index contributed by atoms with van der Waals surface area (Å²) in [6.45, 7) is 0. The standard InChI is InChI=1S/C23H18Cl3N5O4/c1-34-14-7-3-5-12(9-14)27-22(32)21(23(33)28-13-6-4-8-15(10-13)35-2)31-29-19-17(25)11-16(24)18(26)20(19)30-31/h3-11,21H,1-2H3,(H,27,32)(H,28,33). The molecule has 2 N–H and O–H groups in total. The number of anilines is 2. The number of rotatable bonds is 7. The molecule has 1 aromatic heterocycles. The molecule has 1 heterocycles. The van der Waals surface area contributed by atoms with Crippen LogP contribution in [0.5, 0.6) is 11.5 Å². The van der Waals surface area contributed by atoms with Gasteiger partial charge in [0.1, 0.15) is 22.5 Å². The summed E-state index contributed by atoms with van der Waals surface area (Å²) in [7, 11) is 3.01. The van der Waals surface area contributed by atoms with E-state index < -0.39 is 17.9 Å². The maximum atomic E-state index is 13.4. The van der Waals surface area contributed by atoms with Crippen LogP contribution in [0.25, 0.3) is 11.0 Å². The second-order valence-corrected chi connectivity index (χ2v) is 8.41. The predicted molar refractivity (Wildman–Crippen MR) is 135 cm³/mol. The Morgan fingerprint density at radius 3 is 1.83 bits per heavy atom. The zero-order chi connectivity index (χ0) is 25.1. The maximum absolute atomic E-state index is 13.4. The van der Waals surface area contributed by atoms with Crippen LogP contribution in [0.4, 0.5) is 11.4 Å². The van der Waals surface area contributed by atoms with Crippen molar-refractivity contribution in [2.75, 3.05) is 24.9 Å². The van der Waals surface area contributed by atoms with Crippen molar-refractivity contribution in [3.63, 3.8) is 0 Å². The number of carbonyl (C=O) groups excluding carboxylic acids is 2. The number of hydrogen-bond donors (Lipinski definition) is 2. The normalized spacial score (nSPS) is 10.9. The Morgan fingerprint density at radius 1 is 0.800 bits per heavy atom. The molecule has 0 radical (unpaired) electrons. The summed E-state index contributed by atoms with van der Waals surface area (Å²) in [4.78, 5) is 27.6. The number of nitrogens with zero attached hydrogens (tertiary/aromatic N) is 3. The van der Waals surface area contributed by atoms with Crippen molar-refractivity contribution in [2.24, 2.45) is 0 Å². The van der Waals surface area contributed by atoms with E-state index in [2.05, 4.69) is 20.8 Å². The number of halogens is 3. The summed E-state index contributed by atoms with van der Waals surface area (Å²) < 4.78 is 10.4. The molecule has 180 valence electrons. The summed E-state index contributed by atoms with van der Waals surface area (Å²) in [5, 5.41) is 14.3. The lowest BCUT2D eigenvalue weighted by molar-refractivity contribution is -0.129. The minimum atomic E-state index is -1.54. The largest absolute Gasteiger partial charge is 0.497 e. The van der Waals surface area contributed by atoms with Gasteiger partial charge in [-0.1, -0.05) is 46.9 Å². The molecule has 0 spiro atoms. The Hall–Kier alpha value is -3.53. The van der Waals surface area contributed by atoms with Crippen LogP contribution >= 0.6 is 34.8 Å². The van der Waals surface area contributed by atoms with Crippen LogP contribution in [-0.2, 0) is 9.59 Å². The molecule has 0 aliphatic carbocycles. The highest BCUT2D eigenvalue weighted by molar-refractivity contribution is 6.47. The molecule has 4 rings (SSSR count). The van der Waals surface area contributed by atoms with Crippen molar-refractivity contribution in [1.29, 1.82) is 0 Å². The third kappa shape index (κ3) is 5.27. The van der Waals surface area contributed by atoms with Crippen molar-refractivity contribution in [3.8, 4) is 11.5 Å². The first-order chi connectivity index (χ1) is 16.8. The minimum absolute atomic E-state index is 0.0949. The van der Waals surface area contributed by atoms with E-state index in [1.165, 1.54) is 20.3 Å². The van der Waals surface area contributed by atoms with E-state index in [9.17, 15) is 9.59 Å². The molecule has 9 nitrogen and oxygen atoms in total. The third-order valence-electron chi connectivity index (χ3n) is 4.93. The highest BCUT2D eigenvalue weighted by atomic mass is 35.5. The summed E-state index contributed by atoms with van der Waals surface area (Å²) in [6, 6.07) is 13.2. The van der Waals surface area contributed by atoms with E-state index in [0.717, 1.165) is 4.80 Å². The van der Waals surface area contributed by atoms with Gasteiger partial charge in [-0.2, -0.15) is 15.0 Å². The van der Waals surface area contributed by atoms with Gasteiger partial charge in [0.25, 0.3) is 11.8 Å². The lowest BCUT2D eigenvalue weighted by Crippen LogP contribution is -2.37. The Morgan fingerprint density at radius 2 is 1.31 bits per heavy atom. The number of benzene rings is 3. The Kier molecular flexibility index (Phi) is 7.30. The van der Waals surface area contributed by atoms with Crippen molar-refractivity contribution in [2.45, 2.75) is 6.04 Å². The number of ether oxygens (including phenoxy) is 2. The molecule has 12 heteroatoms. The molecule has 35 heavy (non-hydrogen) atoms. The van der Waals surface area contributed by atoms with E-state index in [4.69, 9.17) is 44.3 Å². The Bertz CT molecular complexity index is 1360. The molecule has 0 saturated heterocycles. The molecule has 4 aromatic rings. The molecule has 2 amide bonds. The molecule has 3 aromatic carbocycles. The van der Waals surface area contributed by atoms with E-state index in [1.54, 1.807) is 48.5 Å². The number of aromatic nitrogens is 3. The van der Waals surface area contributed by atoms with Gasteiger partial charge in [0.05, 0.1) is 29.3 Å². The molecule has 0 bridgehead atoms. The summed E-state index contributed by atoms with van der Waals surface area (Å²) >= 11 is 18.6. The van der Waals surface area contributed by atoms with E-state index in [0.29, 0.717) is 22.9 Å². The van der Waals surface area contributed by atoms with Gasteiger partial charge in [-0.3, -0.25) is 9.59 Å². The highest BCUT2D eigenvalue weighted by Crippen LogP contribution is 2.34. The van der Waals surface area contributed by atoms with Gasteiger partial charge < -0.3 is 20.1 Å². The fourth-order valence-electron chi connectivity index (χ4n) is 3.25. The quantitative estimate of drug-likeness (QED) is 0.248. The van der Waals surface area contributed by atoms with Gasteiger partial charge in [-0.25, -0.2) is 0 Å². The third-order valence-corrected chi connectivity index (χ3v) is 5.99. The molecule has 0 aliphatic rings. The maximum Gasteiger partial charge on any atom is 0.260 e. The lowest BCUT2D eigenvalue weighted by Gasteiger charge is -2.16. The average molecular weight is 535 g/mol. The van der Waals surface area contributed by atoms with Gasteiger partial charge in [0.15, 0.2) is 0 Å². The van der Waals surface area contributed by atoms with Crippen LogP contribution < -0.4 is 20.1 Å². The number of carbonyl (C=O) groups is 2. The molecule has 0 fully saturated rings. The average Bonchev–Trinajstić information content (AvgIpc) is 3.28. The number of nitrogens with one attached hydrogen (secondary N) is 2. The SMILES string of the molecule is COc1cccc(NC(=O)C(C(=O)Nc2cccc(OC)c2)n2nc3c(Cl)cc(Cl)c(Cl)c3n2)c1. The summed E-state index contributed by atoms with van der Waals surface area (Å²) in [5.74, 6) is -0.373. The molecular formula is C23H18Cl3N5O4. The predicted octanol–water partition coefficient (Wildman–Crippen LogP) is 5.23. The first-order valence-electron chi connectivity index (χ1n) is 10.1. The first-order valence-corrected chi connectivity index (χ1v) is 11.2. The van der Waals surface area contributed by atoms with Gasteiger partial charge >= 0.3 is 0 Å². The van der Waals surface area contributed by atoms with E-state index in [1.807, 2.05) is 0 Å². The number of hydrogen-bond acceptors (Lipinski definition) is 6. The zero-order valence-electron chi connectivity index (χ0n) is 18.4. The van der Waals surface area contributed by atoms with Gasteiger partial charge in [0, 0.05) is 23.5 Å². The van der Waals surface area contributed by atoms with Gasteiger partial charge in [-0.05, 0) is 30.3 Å². The Balaban J connectivity index is 1.74. The van der Waals surface area contributed by atoms with Crippen molar-refractivity contribution in [1.82, 2.24) is 15.0 Å². The van der Waals surface area contributed by atoms with Crippen LogP contribution in [0, 0.1) is 0 Å². The van der Waals surface area contributed by atoms with Crippen molar-refractivity contribution < 1.29 is 19.1 Å². The van der Waals surface area contributed by atoms with Crippen LogP contribution in [0.3, 0.4) is 0 Å². The second-order valence-electron chi connectivity index (χ2n) is 7.22. The van der Waals surface area contributed by atoms with Gasteiger partial charge in [0.2, 0.25) is 6.04 Å². The number of methoxy groups -OCH3 is 2. The smallest absolute Gasteiger partial charge is 0.260 e. The van der Waals surface area contributed by atoms with Crippen LogP contribution in [0.2, 0.25) is 15.1 Å². The van der Waals surface area contributed by atoms with Crippen LogP contribution in [0.1, 0.15) is 6.04 Å². The lowest BCUT2D eigenvalue weighted by atomic mass is 10.2. The summed E-state index contributed by atoms with van der Waals surface area (Å²) in [5.41, 5.74) is 1.15. The Labute approximate surface area is 214 Å². The zero-order valence-corrected chi connectivity index (χ0v) is 20.6. The topological polar surface area (TPSA) is 107 Å². The molecule has 0 aliphatic heterocycles.